The van der Waals surface area contributed by atoms with Crippen LogP contribution in [0.25, 0.3) is 22.6 Å². The third-order valence-electron chi connectivity index (χ3n) is 6.45. The van der Waals surface area contributed by atoms with Crippen LogP contribution in [0, 0.1) is 23.0 Å². The third kappa shape index (κ3) is 6.10. The molecule has 0 saturated heterocycles. The number of aryl methyl sites for hydroxylation is 1. The van der Waals surface area contributed by atoms with E-state index in [1.807, 2.05) is 6.92 Å². The van der Waals surface area contributed by atoms with E-state index in [0.717, 1.165) is 16.7 Å². The maximum Gasteiger partial charge on any atom is 0.417 e. The Morgan fingerprint density at radius 2 is 1.73 bits per heavy atom. The molecule has 4 aromatic rings. The van der Waals surface area contributed by atoms with Gasteiger partial charge >= 0.3 is 6.18 Å². The average molecular weight is 591 g/mol. The Bertz CT molecular complexity index is 1830. The van der Waals surface area contributed by atoms with E-state index >= 15 is 0 Å². The number of aromatic nitrogens is 1. The van der Waals surface area contributed by atoms with Crippen LogP contribution in [-0.2, 0) is 29.0 Å². The van der Waals surface area contributed by atoms with Gasteiger partial charge in [0.1, 0.15) is 23.3 Å². The summed E-state index contributed by atoms with van der Waals surface area (Å²) in [4.78, 5) is 13.2. The van der Waals surface area contributed by atoms with Crippen molar-refractivity contribution < 1.29 is 34.8 Å². The minimum Gasteiger partial charge on any atom is -0.462 e. The summed E-state index contributed by atoms with van der Waals surface area (Å²) in [6, 6.07) is 10.4. The normalized spacial score (nSPS) is 12.0. The van der Waals surface area contributed by atoms with Crippen LogP contribution in [0.3, 0.4) is 0 Å². The largest absolute Gasteiger partial charge is 0.462 e. The van der Waals surface area contributed by atoms with Crippen molar-refractivity contribution in [1.82, 2.24) is 4.57 Å². The highest BCUT2D eigenvalue weighted by Gasteiger charge is 2.37. The molecule has 0 atom stereocenters. The molecule has 0 amide bonds. The summed E-state index contributed by atoms with van der Waals surface area (Å²) < 4.78 is 101. The van der Waals surface area contributed by atoms with E-state index in [2.05, 4.69) is 0 Å². The molecule has 0 bridgehead atoms. The molecule has 0 aliphatic rings. The van der Waals surface area contributed by atoms with Gasteiger partial charge in [-0.1, -0.05) is 26.0 Å². The predicted octanol–water partition coefficient (Wildman–Crippen LogP) is 6.74. The maximum atomic E-state index is 14.5. The molecular weight excluding hydrogens is 567 g/mol. The summed E-state index contributed by atoms with van der Waals surface area (Å²) in [5.41, 5.74) is -3.26. The zero-order valence-corrected chi connectivity index (χ0v) is 22.7. The molecule has 0 unspecified atom stereocenters. The number of nitriles is 1. The Kier molecular flexibility index (Phi) is 8.22. The Hall–Kier alpha value is -4.24. The number of furan rings is 1. The second kappa shape index (κ2) is 11.3. The van der Waals surface area contributed by atoms with E-state index in [4.69, 9.17) is 4.42 Å². The second-order valence-electron chi connectivity index (χ2n) is 9.29. The molecule has 0 aliphatic heterocycles. The lowest BCUT2D eigenvalue weighted by Gasteiger charge is -2.16. The zero-order valence-electron chi connectivity index (χ0n) is 21.9. The lowest BCUT2D eigenvalue weighted by Crippen LogP contribution is -2.29. The Morgan fingerprint density at radius 3 is 2.34 bits per heavy atom. The van der Waals surface area contributed by atoms with E-state index in [1.165, 1.54) is 24.5 Å². The molecule has 0 fully saturated rings. The highest BCUT2D eigenvalue weighted by molar-refractivity contribution is 7.91. The van der Waals surface area contributed by atoms with Crippen molar-refractivity contribution in [2.75, 3.05) is 5.75 Å². The standard InChI is InChI=1S/C29H23F5N2O4S/c1-3-7-41(38,39)22-9-17(4-2)8-19(10-22)20-11-27(40-16-20)26-13-24(29(32,33)34)23(14-35)28(37)36(26)15-18-5-6-21(30)12-25(18)31/h5-6,8-13,16H,3-4,7,15H2,1-2H3. The SMILES string of the molecule is CCCS(=O)(=O)c1cc(CC)cc(-c2coc(-c3cc(C(F)(F)F)c(C#N)c(=O)n3Cc3ccc(F)cc3F)c2)c1. The van der Waals surface area contributed by atoms with Crippen LogP contribution >= 0.6 is 0 Å². The van der Waals surface area contributed by atoms with Gasteiger partial charge in [0.05, 0.1) is 34.7 Å². The number of hydrogen-bond donors (Lipinski definition) is 0. The molecule has 0 spiro atoms. The van der Waals surface area contributed by atoms with Gasteiger partial charge < -0.3 is 4.42 Å². The van der Waals surface area contributed by atoms with E-state index in [0.29, 0.717) is 41.7 Å². The van der Waals surface area contributed by atoms with Crippen molar-refractivity contribution >= 4 is 9.84 Å². The minimum atomic E-state index is -5.08. The van der Waals surface area contributed by atoms with Crippen LogP contribution < -0.4 is 5.56 Å². The molecule has 0 radical (unpaired) electrons. The molecule has 0 aliphatic carbocycles. The number of halogens is 5. The Morgan fingerprint density at radius 1 is 1.00 bits per heavy atom. The molecule has 41 heavy (non-hydrogen) atoms. The molecule has 4 rings (SSSR count). The molecule has 2 aromatic heterocycles. The minimum absolute atomic E-state index is 0.0755. The van der Waals surface area contributed by atoms with E-state index in [1.54, 1.807) is 19.1 Å². The Labute approximate surface area is 232 Å². The molecular formula is C29H23F5N2O4S. The molecule has 2 heterocycles. The summed E-state index contributed by atoms with van der Waals surface area (Å²) in [7, 11) is -3.60. The van der Waals surface area contributed by atoms with Crippen LogP contribution in [0.5, 0.6) is 0 Å². The van der Waals surface area contributed by atoms with Crippen LogP contribution in [-0.4, -0.2) is 18.7 Å². The number of hydrogen-bond acceptors (Lipinski definition) is 5. The molecule has 2 aromatic carbocycles. The highest BCUT2D eigenvalue weighted by atomic mass is 32.2. The summed E-state index contributed by atoms with van der Waals surface area (Å²) >= 11 is 0. The first kappa shape index (κ1) is 29.7. The monoisotopic (exact) mass is 590 g/mol. The van der Waals surface area contributed by atoms with Crippen molar-refractivity contribution in [2.24, 2.45) is 0 Å². The summed E-state index contributed by atoms with van der Waals surface area (Å²) in [6.07, 6.45) is -2.98. The fourth-order valence-electron chi connectivity index (χ4n) is 4.38. The van der Waals surface area contributed by atoms with Gasteiger partial charge in [0.25, 0.3) is 5.56 Å². The summed E-state index contributed by atoms with van der Waals surface area (Å²) in [6.45, 7) is 2.93. The topological polar surface area (TPSA) is 93.1 Å². The average Bonchev–Trinajstić information content (AvgIpc) is 3.40. The van der Waals surface area contributed by atoms with Crippen LogP contribution in [0.4, 0.5) is 22.0 Å². The van der Waals surface area contributed by atoms with Crippen molar-refractivity contribution in [3.8, 4) is 28.7 Å². The van der Waals surface area contributed by atoms with E-state index in [-0.39, 0.29) is 22.0 Å². The van der Waals surface area contributed by atoms with Gasteiger partial charge in [0, 0.05) is 17.2 Å². The van der Waals surface area contributed by atoms with Crippen molar-refractivity contribution in [1.29, 1.82) is 5.26 Å². The molecule has 6 nitrogen and oxygen atoms in total. The van der Waals surface area contributed by atoms with E-state index < -0.39 is 56.6 Å². The summed E-state index contributed by atoms with van der Waals surface area (Å²) in [5.74, 6) is -2.24. The fourth-order valence-corrected chi connectivity index (χ4v) is 5.79. The number of pyridine rings is 1. The highest BCUT2D eigenvalue weighted by Crippen LogP contribution is 2.36. The third-order valence-corrected chi connectivity index (χ3v) is 8.35. The first-order valence-corrected chi connectivity index (χ1v) is 14.1. The van der Waals surface area contributed by atoms with Gasteiger partial charge in [0.2, 0.25) is 0 Å². The smallest absolute Gasteiger partial charge is 0.417 e. The van der Waals surface area contributed by atoms with Gasteiger partial charge in [-0.05, 0) is 54.3 Å². The first-order chi connectivity index (χ1) is 19.3. The number of benzene rings is 2. The van der Waals surface area contributed by atoms with Gasteiger partial charge in [-0.3, -0.25) is 9.36 Å². The molecule has 0 N–H and O–H groups in total. The quantitative estimate of drug-likeness (QED) is 0.212. The zero-order chi connectivity index (χ0) is 30.1. The first-order valence-electron chi connectivity index (χ1n) is 12.4. The van der Waals surface area contributed by atoms with Gasteiger partial charge in [0.15, 0.2) is 15.6 Å². The molecule has 0 saturated carbocycles. The second-order valence-corrected chi connectivity index (χ2v) is 11.4. The number of sulfone groups is 1. The van der Waals surface area contributed by atoms with E-state index in [9.17, 15) is 40.4 Å². The Balaban J connectivity index is 1.93. The predicted molar refractivity (Wildman–Crippen MR) is 141 cm³/mol. The van der Waals surface area contributed by atoms with Crippen molar-refractivity contribution in [3.05, 3.63) is 99.0 Å². The molecule has 214 valence electrons. The number of alkyl halides is 3. The number of rotatable bonds is 8. The lowest BCUT2D eigenvalue weighted by atomic mass is 10.0. The fraction of sp³-hybridized carbons (Fsp3) is 0.241. The number of nitrogens with zero attached hydrogens (tertiary/aromatic N) is 2. The van der Waals surface area contributed by atoms with Crippen LogP contribution in [0.2, 0.25) is 0 Å². The molecule has 12 heteroatoms. The lowest BCUT2D eigenvalue weighted by molar-refractivity contribution is -0.137. The van der Waals surface area contributed by atoms with Crippen LogP contribution in [0.1, 0.15) is 42.5 Å². The van der Waals surface area contributed by atoms with Crippen molar-refractivity contribution in [2.45, 2.75) is 44.3 Å². The van der Waals surface area contributed by atoms with Gasteiger partial charge in [-0.2, -0.15) is 18.4 Å². The van der Waals surface area contributed by atoms with Crippen LogP contribution in [0.15, 0.2) is 68.9 Å². The maximum absolute atomic E-state index is 14.5. The van der Waals surface area contributed by atoms with Gasteiger partial charge in [-0.25, -0.2) is 17.2 Å². The van der Waals surface area contributed by atoms with Gasteiger partial charge in [-0.15, -0.1) is 0 Å². The summed E-state index contributed by atoms with van der Waals surface area (Å²) in [5, 5.41) is 9.38. The van der Waals surface area contributed by atoms with Crippen molar-refractivity contribution in [3.63, 3.8) is 0 Å².